The Hall–Kier alpha value is -2.12. The Morgan fingerprint density at radius 2 is 2.18 bits per heavy atom. The molecule has 1 fully saturated rings. The quantitative estimate of drug-likeness (QED) is 0.834. The first kappa shape index (κ1) is 16.3. The van der Waals surface area contributed by atoms with Crippen LogP contribution in [0.25, 0.3) is 0 Å². The van der Waals surface area contributed by atoms with Gasteiger partial charge in [-0.3, -0.25) is 0 Å². The standard InChI is InChI=1S/C14H23N5O3/c1-4-8-18(3)14(21)19-9-6-7-10(19)11-12(16-17-15-11)13(20)22-5-2/h10H,4-9H2,1-3H3,(H,15,16,17). The SMILES string of the molecule is CCCN(C)C(=O)N1CCCC1c1n[nH]nc1C(=O)OCC. The molecule has 2 heterocycles. The van der Waals surface area contributed by atoms with Gasteiger partial charge in [-0.1, -0.05) is 6.92 Å². The van der Waals surface area contributed by atoms with Crippen molar-refractivity contribution in [2.24, 2.45) is 0 Å². The Balaban J connectivity index is 2.19. The average Bonchev–Trinajstić information content (AvgIpc) is 3.15. The van der Waals surface area contributed by atoms with Gasteiger partial charge in [0.1, 0.15) is 5.69 Å². The maximum absolute atomic E-state index is 12.5. The number of carbonyl (C=O) groups excluding carboxylic acids is 2. The van der Waals surface area contributed by atoms with E-state index in [2.05, 4.69) is 15.4 Å². The summed E-state index contributed by atoms with van der Waals surface area (Å²) in [7, 11) is 1.79. The van der Waals surface area contributed by atoms with Gasteiger partial charge in [0.05, 0.1) is 12.6 Å². The van der Waals surface area contributed by atoms with Crippen molar-refractivity contribution >= 4 is 12.0 Å². The van der Waals surface area contributed by atoms with Crippen LogP contribution in [0.1, 0.15) is 55.3 Å². The lowest BCUT2D eigenvalue weighted by Crippen LogP contribution is -2.41. The topological polar surface area (TPSA) is 91.4 Å². The van der Waals surface area contributed by atoms with E-state index in [0.29, 0.717) is 18.8 Å². The van der Waals surface area contributed by atoms with E-state index in [1.54, 1.807) is 23.8 Å². The molecule has 2 rings (SSSR count). The number of aromatic nitrogens is 3. The van der Waals surface area contributed by atoms with Crippen LogP contribution in [0.2, 0.25) is 0 Å². The molecule has 1 N–H and O–H groups in total. The van der Waals surface area contributed by atoms with Crippen molar-refractivity contribution < 1.29 is 14.3 Å². The monoisotopic (exact) mass is 309 g/mol. The summed E-state index contributed by atoms with van der Waals surface area (Å²) in [6.07, 6.45) is 2.55. The predicted molar refractivity (Wildman–Crippen MR) is 79.3 cm³/mol. The van der Waals surface area contributed by atoms with E-state index in [1.807, 2.05) is 6.92 Å². The molecule has 1 saturated heterocycles. The first-order valence-corrected chi connectivity index (χ1v) is 7.69. The summed E-state index contributed by atoms with van der Waals surface area (Å²) < 4.78 is 4.99. The molecule has 1 aromatic rings. The number of esters is 1. The Labute approximate surface area is 129 Å². The van der Waals surface area contributed by atoms with Crippen molar-refractivity contribution in [1.29, 1.82) is 0 Å². The van der Waals surface area contributed by atoms with Crippen LogP contribution in [0.15, 0.2) is 0 Å². The maximum Gasteiger partial charge on any atom is 0.360 e. The van der Waals surface area contributed by atoms with Crippen molar-refractivity contribution in [1.82, 2.24) is 25.2 Å². The highest BCUT2D eigenvalue weighted by atomic mass is 16.5. The van der Waals surface area contributed by atoms with Crippen LogP contribution in [0.3, 0.4) is 0 Å². The molecular weight excluding hydrogens is 286 g/mol. The van der Waals surface area contributed by atoms with Gasteiger partial charge < -0.3 is 14.5 Å². The first-order chi connectivity index (χ1) is 10.6. The van der Waals surface area contributed by atoms with E-state index in [4.69, 9.17) is 4.74 Å². The Morgan fingerprint density at radius 1 is 1.41 bits per heavy atom. The number of hydrogen-bond acceptors (Lipinski definition) is 5. The summed E-state index contributed by atoms with van der Waals surface area (Å²) in [4.78, 5) is 27.9. The molecule has 8 heteroatoms. The first-order valence-electron chi connectivity index (χ1n) is 7.69. The maximum atomic E-state index is 12.5. The summed E-state index contributed by atoms with van der Waals surface area (Å²) in [5.41, 5.74) is 0.666. The number of aromatic amines is 1. The lowest BCUT2D eigenvalue weighted by molar-refractivity contribution is 0.0515. The van der Waals surface area contributed by atoms with Crippen molar-refractivity contribution in [3.63, 3.8) is 0 Å². The molecule has 1 aromatic heterocycles. The molecule has 0 aliphatic carbocycles. The molecule has 22 heavy (non-hydrogen) atoms. The molecule has 1 atom stereocenters. The van der Waals surface area contributed by atoms with Gasteiger partial charge in [-0.2, -0.15) is 10.3 Å². The van der Waals surface area contributed by atoms with Gasteiger partial charge in [-0.05, 0) is 26.2 Å². The average molecular weight is 309 g/mol. The van der Waals surface area contributed by atoms with Crippen LogP contribution in [0.5, 0.6) is 0 Å². The number of nitrogens with one attached hydrogen (secondary N) is 1. The minimum absolute atomic E-state index is 0.0397. The van der Waals surface area contributed by atoms with E-state index < -0.39 is 5.97 Å². The van der Waals surface area contributed by atoms with Gasteiger partial charge in [0.15, 0.2) is 5.69 Å². The van der Waals surface area contributed by atoms with Gasteiger partial charge in [-0.25, -0.2) is 9.59 Å². The number of ether oxygens (including phenoxy) is 1. The van der Waals surface area contributed by atoms with Gasteiger partial charge >= 0.3 is 12.0 Å². The third kappa shape index (κ3) is 3.20. The third-order valence-electron chi connectivity index (χ3n) is 3.74. The number of H-pyrrole nitrogens is 1. The van der Waals surface area contributed by atoms with Crippen LogP contribution >= 0.6 is 0 Å². The summed E-state index contributed by atoms with van der Waals surface area (Å²) in [6.45, 7) is 5.40. The second kappa shape index (κ2) is 7.24. The smallest absolute Gasteiger partial charge is 0.360 e. The van der Waals surface area contributed by atoms with Gasteiger partial charge in [-0.15, -0.1) is 5.10 Å². The van der Waals surface area contributed by atoms with Gasteiger partial charge in [0.2, 0.25) is 0 Å². The fourth-order valence-corrected chi connectivity index (χ4v) is 2.75. The minimum Gasteiger partial charge on any atom is -0.461 e. The fourth-order valence-electron chi connectivity index (χ4n) is 2.75. The van der Waals surface area contributed by atoms with Crippen LogP contribution < -0.4 is 0 Å². The summed E-state index contributed by atoms with van der Waals surface area (Å²) >= 11 is 0. The zero-order valence-corrected chi connectivity index (χ0v) is 13.3. The molecule has 1 aliphatic heterocycles. The number of likely N-dealkylation sites (tertiary alicyclic amines) is 1. The van der Waals surface area contributed by atoms with Crippen molar-refractivity contribution in [2.45, 2.75) is 39.2 Å². The van der Waals surface area contributed by atoms with Gasteiger partial charge in [0, 0.05) is 20.1 Å². The third-order valence-corrected chi connectivity index (χ3v) is 3.74. The number of carbonyl (C=O) groups is 2. The molecule has 122 valence electrons. The summed E-state index contributed by atoms with van der Waals surface area (Å²) in [5.74, 6) is -0.507. The zero-order chi connectivity index (χ0) is 16.1. The largest absolute Gasteiger partial charge is 0.461 e. The number of nitrogens with zero attached hydrogens (tertiary/aromatic N) is 4. The van der Waals surface area contributed by atoms with E-state index in [-0.39, 0.29) is 24.4 Å². The van der Waals surface area contributed by atoms with Crippen LogP contribution in [-0.2, 0) is 4.74 Å². The zero-order valence-electron chi connectivity index (χ0n) is 13.3. The van der Waals surface area contributed by atoms with Crippen molar-refractivity contribution in [3.8, 4) is 0 Å². The van der Waals surface area contributed by atoms with Crippen molar-refractivity contribution in [3.05, 3.63) is 11.4 Å². The summed E-state index contributed by atoms with van der Waals surface area (Å²) in [5, 5.41) is 10.5. The number of rotatable bonds is 5. The second-order valence-electron chi connectivity index (χ2n) is 5.33. The molecule has 0 aromatic carbocycles. The fraction of sp³-hybridized carbons (Fsp3) is 0.714. The normalized spacial score (nSPS) is 17.6. The van der Waals surface area contributed by atoms with Crippen LogP contribution in [0.4, 0.5) is 4.79 Å². The molecular formula is C14H23N5O3. The van der Waals surface area contributed by atoms with E-state index in [9.17, 15) is 9.59 Å². The molecule has 0 saturated carbocycles. The van der Waals surface area contributed by atoms with Crippen molar-refractivity contribution in [2.75, 3.05) is 26.7 Å². The minimum atomic E-state index is -0.507. The highest BCUT2D eigenvalue weighted by molar-refractivity contribution is 5.88. The molecule has 0 spiro atoms. The molecule has 0 radical (unpaired) electrons. The number of hydrogen-bond donors (Lipinski definition) is 1. The second-order valence-corrected chi connectivity index (χ2v) is 5.33. The Bertz CT molecular complexity index is 530. The van der Waals surface area contributed by atoms with E-state index in [0.717, 1.165) is 19.3 Å². The van der Waals surface area contributed by atoms with Crippen LogP contribution in [0, 0.1) is 0 Å². The molecule has 8 nitrogen and oxygen atoms in total. The molecule has 2 amide bonds. The number of urea groups is 1. The molecule has 1 aliphatic rings. The lowest BCUT2D eigenvalue weighted by atomic mass is 10.1. The highest BCUT2D eigenvalue weighted by Gasteiger charge is 2.36. The molecule has 1 unspecified atom stereocenters. The van der Waals surface area contributed by atoms with E-state index in [1.165, 1.54) is 0 Å². The van der Waals surface area contributed by atoms with Crippen LogP contribution in [-0.4, -0.2) is 64.0 Å². The summed E-state index contributed by atoms with van der Waals surface area (Å²) in [6, 6.07) is -0.271. The Morgan fingerprint density at radius 3 is 2.86 bits per heavy atom. The highest BCUT2D eigenvalue weighted by Crippen LogP contribution is 2.32. The lowest BCUT2D eigenvalue weighted by Gasteiger charge is -2.28. The molecule has 0 bridgehead atoms. The number of amides is 2. The predicted octanol–water partition coefficient (Wildman–Crippen LogP) is 1.58. The van der Waals surface area contributed by atoms with E-state index >= 15 is 0 Å². The van der Waals surface area contributed by atoms with Gasteiger partial charge in [0.25, 0.3) is 0 Å². The Kier molecular flexibility index (Phi) is 5.35.